The molecule has 1 amide bonds. The van der Waals surface area contributed by atoms with Crippen molar-refractivity contribution in [2.45, 2.75) is 51.0 Å². The molecule has 7 nitrogen and oxygen atoms in total. The highest BCUT2D eigenvalue weighted by atomic mass is 16.2. The number of aromatic amines is 1. The minimum absolute atomic E-state index is 0.165. The summed E-state index contributed by atoms with van der Waals surface area (Å²) in [5.41, 5.74) is 1.36. The fraction of sp³-hybridized carbons (Fsp3) is 0.522. The topological polar surface area (TPSA) is 82.5 Å². The van der Waals surface area contributed by atoms with Gasteiger partial charge < -0.3 is 15.2 Å². The van der Waals surface area contributed by atoms with E-state index in [-0.39, 0.29) is 17.5 Å². The summed E-state index contributed by atoms with van der Waals surface area (Å²) in [6.07, 6.45) is 10.4. The van der Waals surface area contributed by atoms with Gasteiger partial charge in [0.15, 0.2) is 0 Å². The van der Waals surface area contributed by atoms with Crippen molar-refractivity contribution in [3.63, 3.8) is 0 Å². The Morgan fingerprint density at radius 3 is 2.67 bits per heavy atom. The minimum atomic E-state index is -0.205. The van der Waals surface area contributed by atoms with Gasteiger partial charge in [-0.15, -0.1) is 0 Å². The minimum Gasteiger partial charge on any atom is -0.349 e. The lowest BCUT2D eigenvalue weighted by Gasteiger charge is -2.35. The Bertz CT molecular complexity index is 1100. The number of aromatic nitrogens is 3. The molecule has 2 aromatic heterocycles. The monoisotopic (exact) mass is 407 g/mol. The Labute approximate surface area is 175 Å². The first-order valence-electron chi connectivity index (χ1n) is 11.2. The predicted octanol–water partition coefficient (Wildman–Crippen LogP) is 2.95. The molecule has 30 heavy (non-hydrogen) atoms. The van der Waals surface area contributed by atoms with Crippen LogP contribution >= 0.6 is 0 Å². The summed E-state index contributed by atoms with van der Waals surface area (Å²) in [5.74, 6) is 0.692. The van der Waals surface area contributed by atoms with E-state index in [9.17, 15) is 9.59 Å². The number of piperidine rings is 1. The summed E-state index contributed by atoms with van der Waals surface area (Å²) in [6.45, 7) is 3.29. The number of carbonyl (C=O) groups is 1. The molecule has 3 aromatic rings. The molecule has 1 saturated heterocycles. The van der Waals surface area contributed by atoms with Crippen LogP contribution in [0, 0.1) is 5.92 Å². The van der Waals surface area contributed by atoms with Gasteiger partial charge in [-0.05, 0) is 43.7 Å². The molecule has 3 heterocycles. The molecule has 1 aromatic carbocycles. The summed E-state index contributed by atoms with van der Waals surface area (Å²) in [4.78, 5) is 30.7. The summed E-state index contributed by atoms with van der Waals surface area (Å²) in [6, 6.07) is 7.46. The molecule has 2 N–H and O–H groups in total. The lowest BCUT2D eigenvalue weighted by molar-refractivity contribution is 0.0903. The zero-order valence-electron chi connectivity index (χ0n) is 17.3. The smallest absolute Gasteiger partial charge is 0.259 e. The van der Waals surface area contributed by atoms with Crippen LogP contribution in [0.15, 0.2) is 35.3 Å². The van der Waals surface area contributed by atoms with E-state index in [0.29, 0.717) is 22.1 Å². The Morgan fingerprint density at radius 1 is 1.10 bits per heavy atom. The van der Waals surface area contributed by atoms with Gasteiger partial charge in [0.2, 0.25) is 0 Å². The van der Waals surface area contributed by atoms with Crippen LogP contribution in [0.25, 0.3) is 16.6 Å². The van der Waals surface area contributed by atoms with Crippen molar-refractivity contribution in [2.75, 3.05) is 19.6 Å². The number of rotatable bonds is 4. The van der Waals surface area contributed by atoms with Crippen molar-refractivity contribution in [1.29, 1.82) is 0 Å². The number of para-hydroxylation sites is 1. The van der Waals surface area contributed by atoms with Gasteiger partial charge in [-0.25, -0.2) is 4.52 Å². The zero-order chi connectivity index (χ0) is 20.5. The highest BCUT2D eigenvalue weighted by Crippen LogP contribution is 2.25. The van der Waals surface area contributed by atoms with Crippen LogP contribution in [0.1, 0.15) is 55.3 Å². The molecule has 0 bridgehead atoms. The van der Waals surface area contributed by atoms with E-state index in [1.807, 2.05) is 18.2 Å². The number of fused-ring (bicyclic) bond motifs is 3. The maximum atomic E-state index is 12.9. The first kappa shape index (κ1) is 19.3. The van der Waals surface area contributed by atoms with Crippen molar-refractivity contribution in [3.8, 4) is 0 Å². The van der Waals surface area contributed by atoms with E-state index in [2.05, 4.69) is 20.3 Å². The lowest BCUT2D eigenvalue weighted by Crippen LogP contribution is -2.46. The number of hydrogen-bond acceptors (Lipinski definition) is 4. The number of hydrogen-bond donors (Lipinski definition) is 2. The quantitative estimate of drug-likeness (QED) is 0.697. The fourth-order valence-corrected chi connectivity index (χ4v) is 5.10. The summed E-state index contributed by atoms with van der Waals surface area (Å²) < 4.78 is 1.64. The number of carbonyl (C=O) groups excluding carboxylic acids is 1. The number of benzene rings is 1. The van der Waals surface area contributed by atoms with E-state index in [4.69, 9.17) is 0 Å². The van der Waals surface area contributed by atoms with Gasteiger partial charge in [-0.1, -0.05) is 31.4 Å². The molecule has 1 saturated carbocycles. The summed E-state index contributed by atoms with van der Waals surface area (Å²) >= 11 is 0. The van der Waals surface area contributed by atoms with E-state index < -0.39 is 0 Å². The Morgan fingerprint density at radius 2 is 1.87 bits per heavy atom. The van der Waals surface area contributed by atoms with Gasteiger partial charge in [-0.3, -0.25) is 9.59 Å². The van der Waals surface area contributed by atoms with Crippen molar-refractivity contribution in [1.82, 2.24) is 24.8 Å². The number of H-pyrrole nitrogens is 1. The highest BCUT2D eigenvalue weighted by molar-refractivity contribution is 6.00. The molecule has 7 heteroatoms. The molecule has 158 valence electrons. The van der Waals surface area contributed by atoms with Gasteiger partial charge in [-0.2, -0.15) is 5.10 Å². The maximum absolute atomic E-state index is 12.9. The van der Waals surface area contributed by atoms with Gasteiger partial charge in [0.1, 0.15) is 11.2 Å². The molecule has 2 aliphatic rings. The van der Waals surface area contributed by atoms with Crippen LogP contribution in [-0.4, -0.2) is 51.1 Å². The SMILES string of the molecule is O=C(NC1CCN(CC2CCCCC2)CC1)c1cnn2c1[nH]c(=O)c1ccccc12. The maximum Gasteiger partial charge on any atom is 0.259 e. The number of likely N-dealkylation sites (tertiary alicyclic amines) is 1. The van der Waals surface area contributed by atoms with E-state index in [0.717, 1.165) is 31.8 Å². The lowest BCUT2D eigenvalue weighted by atomic mass is 9.88. The molecule has 5 rings (SSSR count). The second kappa shape index (κ2) is 8.22. The fourth-order valence-electron chi connectivity index (χ4n) is 5.10. The Hall–Kier alpha value is -2.67. The van der Waals surface area contributed by atoms with Crippen molar-refractivity contribution >= 4 is 22.5 Å². The first-order valence-corrected chi connectivity index (χ1v) is 11.2. The average molecular weight is 408 g/mol. The van der Waals surface area contributed by atoms with Crippen LogP contribution in [0.5, 0.6) is 0 Å². The molecular formula is C23H29N5O2. The third-order valence-electron chi connectivity index (χ3n) is 6.79. The third-order valence-corrected chi connectivity index (χ3v) is 6.79. The molecule has 1 aliphatic heterocycles. The normalized spacial score (nSPS) is 19.5. The van der Waals surface area contributed by atoms with Crippen LogP contribution < -0.4 is 10.9 Å². The van der Waals surface area contributed by atoms with E-state index >= 15 is 0 Å². The molecule has 0 unspecified atom stereocenters. The van der Waals surface area contributed by atoms with Gasteiger partial charge in [0, 0.05) is 25.7 Å². The number of amides is 1. The third kappa shape index (κ3) is 3.74. The van der Waals surface area contributed by atoms with Crippen LogP contribution in [-0.2, 0) is 0 Å². The van der Waals surface area contributed by atoms with Crippen LogP contribution in [0.2, 0.25) is 0 Å². The number of nitrogens with one attached hydrogen (secondary N) is 2. The largest absolute Gasteiger partial charge is 0.349 e. The first-order chi connectivity index (χ1) is 14.7. The molecule has 1 aliphatic carbocycles. The van der Waals surface area contributed by atoms with E-state index in [1.165, 1.54) is 38.6 Å². The summed E-state index contributed by atoms with van der Waals surface area (Å²) in [5, 5.41) is 8.08. The van der Waals surface area contributed by atoms with Gasteiger partial charge >= 0.3 is 0 Å². The Balaban J connectivity index is 1.25. The average Bonchev–Trinajstić information content (AvgIpc) is 3.20. The van der Waals surface area contributed by atoms with Crippen molar-refractivity contribution in [2.24, 2.45) is 5.92 Å². The van der Waals surface area contributed by atoms with Gasteiger partial charge in [0.25, 0.3) is 11.5 Å². The second-order valence-corrected chi connectivity index (χ2v) is 8.84. The molecular weight excluding hydrogens is 378 g/mol. The van der Waals surface area contributed by atoms with Crippen LogP contribution in [0.4, 0.5) is 0 Å². The standard InChI is InChI=1S/C23H29N5O2/c29-22-18-8-4-5-9-20(18)28-21(26-22)19(14-24-28)23(30)25-17-10-12-27(13-11-17)15-16-6-2-1-3-7-16/h4-5,8-9,14,16-17H,1-3,6-7,10-13,15H2,(H,25,30)(H,26,29). The molecule has 0 spiro atoms. The zero-order valence-corrected chi connectivity index (χ0v) is 17.3. The van der Waals surface area contributed by atoms with E-state index in [1.54, 1.807) is 16.8 Å². The molecule has 0 radical (unpaired) electrons. The van der Waals surface area contributed by atoms with Crippen molar-refractivity contribution in [3.05, 3.63) is 46.4 Å². The predicted molar refractivity (Wildman–Crippen MR) is 117 cm³/mol. The summed E-state index contributed by atoms with van der Waals surface area (Å²) in [7, 11) is 0. The van der Waals surface area contributed by atoms with Gasteiger partial charge in [0.05, 0.1) is 17.1 Å². The molecule has 2 fully saturated rings. The molecule has 0 atom stereocenters. The second-order valence-electron chi connectivity index (χ2n) is 8.84. The van der Waals surface area contributed by atoms with Crippen molar-refractivity contribution < 1.29 is 4.79 Å². The Kier molecular flexibility index (Phi) is 5.29. The highest BCUT2D eigenvalue weighted by Gasteiger charge is 2.25. The van der Waals surface area contributed by atoms with Crippen LogP contribution in [0.3, 0.4) is 0 Å². The number of nitrogens with zero attached hydrogens (tertiary/aromatic N) is 3.